The number of rotatable bonds is 3. The standard InChI is InChI=1S/C19H32N2O/c1-22-19-10-6-5-9-17(19)21-12-11-15-18(21)13-16(20-15)14-7-3-2-4-8-14/h5,9,14-20H,2-4,6-8,10-13H2,1H3. The van der Waals surface area contributed by atoms with E-state index >= 15 is 0 Å². The number of nitrogens with zero attached hydrogens (tertiary/aromatic N) is 1. The summed E-state index contributed by atoms with van der Waals surface area (Å²) in [6, 6.07) is 2.78. The Balaban J connectivity index is 1.43. The minimum absolute atomic E-state index is 0.400. The fourth-order valence-electron chi connectivity index (χ4n) is 5.58. The van der Waals surface area contributed by atoms with Crippen LogP contribution in [0.4, 0.5) is 0 Å². The minimum Gasteiger partial charge on any atom is -0.379 e. The van der Waals surface area contributed by atoms with Gasteiger partial charge in [-0.3, -0.25) is 4.90 Å². The van der Waals surface area contributed by atoms with Crippen LogP contribution in [0.15, 0.2) is 12.2 Å². The highest BCUT2D eigenvalue weighted by Gasteiger charge is 2.47. The number of nitrogens with one attached hydrogen (secondary N) is 1. The molecule has 22 heavy (non-hydrogen) atoms. The van der Waals surface area contributed by atoms with Crippen LogP contribution in [0.2, 0.25) is 0 Å². The summed E-state index contributed by atoms with van der Waals surface area (Å²) in [4.78, 5) is 2.77. The average Bonchev–Trinajstić information content (AvgIpc) is 3.16. The lowest BCUT2D eigenvalue weighted by molar-refractivity contribution is 0.0191. The summed E-state index contributed by atoms with van der Waals surface area (Å²) < 4.78 is 5.79. The maximum absolute atomic E-state index is 5.79. The minimum atomic E-state index is 0.400. The quantitative estimate of drug-likeness (QED) is 0.811. The second-order valence-electron chi connectivity index (χ2n) is 7.88. The molecule has 2 saturated heterocycles. The summed E-state index contributed by atoms with van der Waals surface area (Å²) >= 11 is 0. The van der Waals surface area contributed by atoms with E-state index in [1.54, 1.807) is 0 Å². The molecule has 2 aliphatic heterocycles. The summed E-state index contributed by atoms with van der Waals surface area (Å²) in [5.41, 5.74) is 0. The molecule has 124 valence electrons. The molecule has 1 N–H and O–H groups in total. The molecule has 3 nitrogen and oxygen atoms in total. The fraction of sp³-hybridized carbons (Fsp3) is 0.895. The first-order valence-corrected chi connectivity index (χ1v) is 9.58. The lowest BCUT2D eigenvalue weighted by atomic mass is 9.83. The van der Waals surface area contributed by atoms with Gasteiger partial charge >= 0.3 is 0 Å². The summed E-state index contributed by atoms with van der Waals surface area (Å²) in [6.07, 6.45) is 17.6. The Morgan fingerprint density at radius 2 is 1.91 bits per heavy atom. The molecule has 0 radical (unpaired) electrons. The molecule has 0 aromatic rings. The Hall–Kier alpha value is -0.380. The Labute approximate surface area is 135 Å². The van der Waals surface area contributed by atoms with Crippen LogP contribution in [0.3, 0.4) is 0 Å². The fourth-order valence-corrected chi connectivity index (χ4v) is 5.58. The van der Waals surface area contributed by atoms with E-state index in [1.165, 1.54) is 64.3 Å². The third kappa shape index (κ3) is 2.76. The first-order chi connectivity index (χ1) is 10.9. The molecule has 0 spiro atoms. The molecule has 5 atom stereocenters. The molecular formula is C19H32N2O. The molecule has 0 aromatic heterocycles. The first-order valence-electron chi connectivity index (χ1n) is 9.58. The molecule has 4 aliphatic rings. The second-order valence-corrected chi connectivity index (χ2v) is 7.88. The van der Waals surface area contributed by atoms with Crippen molar-refractivity contribution in [3.05, 3.63) is 12.2 Å². The molecule has 5 unspecified atom stereocenters. The molecule has 1 saturated carbocycles. The van der Waals surface area contributed by atoms with Gasteiger partial charge in [0.15, 0.2) is 0 Å². The van der Waals surface area contributed by atoms with Crippen molar-refractivity contribution < 1.29 is 4.74 Å². The maximum atomic E-state index is 5.79. The van der Waals surface area contributed by atoms with Crippen molar-refractivity contribution in [2.24, 2.45) is 5.92 Å². The van der Waals surface area contributed by atoms with Gasteiger partial charge in [0.25, 0.3) is 0 Å². The van der Waals surface area contributed by atoms with Crippen LogP contribution in [-0.4, -0.2) is 48.8 Å². The van der Waals surface area contributed by atoms with E-state index in [9.17, 15) is 0 Å². The predicted molar refractivity (Wildman–Crippen MR) is 90.0 cm³/mol. The van der Waals surface area contributed by atoms with Crippen molar-refractivity contribution in [3.8, 4) is 0 Å². The number of hydrogen-bond acceptors (Lipinski definition) is 3. The van der Waals surface area contributed by atoms with Gasteiger partial charge < -0.3 is 10.1 Å². The second kappa shape index (κ2) is 6.62. The Morgan fingerprint density at radius 1 is 1.05 bits per heavy atom. The predicted octanol–water partition coefficient (Wildman–Crippen LogP) is 3.11. The van der Waals surface area contributed by atoms with Gasteiger partial charge in [-0.1, -0.05) is 31.4 Å². The van der Waals surface area contributed by atoms with Gasteiger partial charge in [-0.05, 0) is 44.4 Å². The van der Waals surface area contributed by atoms with Crippen LogP contribution < -0.4 is 5.32 Å². The van der Waals surface area contributed by atoms with Crippen LogP contribution in [0.5, 0.6) is 0 Å². The van der Waals surface area contributed by atoms with Crippen LogP contribution in [0, 0.1) is 5.92 Å². The monoisotopic (exact) mass is 304 g/mol. The number of ether oxygens (including phenoxy) is 1. The molecule has 4 rings (SSSR count). The number of likely N-dealkylation sites (tertiary alicyclic amines) is 1. The zero-order valence-corrected chi connectivity index (χ0v) is 14.0. The van der Waals surface area contributed by atoms with Crippen LogP contribution >= 0.6 is 0 Å². The van der Waals surface area contributed by atoms with Crippen molar-refractivity contribution in [1.82, 2.24) is 10.2 Å². The summed E-state index contributed by atoms with van der Waals surface area (Å²) in [5.74, 6) is 0.946. The zero-order valence-electron chi connectivity index (χ0n) is 14.0. The van der Waals surface area contributed by atoms with Gasteiger partial charge in [-0.2, -0.15) is 0 Å². The van der Waals surface area contributed by atoms with Gasteiger partial charge in [0.05, 0.1) is 12.1 Å². The van der Waals surface area contributed by atoms with Crippen molar-refractivity contribution in [2.45, 2.75) is 88.1 Å². The Morgan fingerprint density at radius 3 is 2.73 bits per heavy atom. The molecule has 3 heteroatoms. The Bertz CT molecular complexity index is 404. The smallest absolute Gasteiger partial charge is 0.0765 e. The zero-order chi connectivity index (χ0) is 14.9. The van der Waals surface area contributed by atoms with Crippen LogP contribution in [0.25, 0.3) is 0 Å². The van der Waals surface area contributed by atoms with Crippen molar-refractivity contribution >= 4 is 0 Å². The van der Waals surface area contributed by atoms with E-state index in [1.807, 2.05) is 7.11 Å². The van der Waals surface area contributed by atoms with Gasteiger partial charge in [-0.15, -0.1) is 0 Å². The van der Waals surface area contributed by atoms with Crippen LogP contribution in [0.1, 0.15) is 57.8 Å². The molecule has 0 amide bonds. The third-order valence-electron chi connectivity index (χ3n) is 6.75. The van der Waals surface area contributed by atoms with E-state index in [4.69, 9.17) is 4.74 Å². The molecular weight excluding hydrogens is 272 g/mol. The molecule has 2 heterocycles. The van der Waals surface area contributed by atoms with Gasteiger partial charge in [-0.25, -0.2) is 0 Å². The topological polar surface area (TPSA) is 24.5 Å². The van der Waals surface area contributed by atoms with E-state index in [-0.39, 0.29) is 0 Å². The largest absolute Gasteiger partial charge is 0.379 e. The van der Waals surface area contributed by atoms with Crippen molar-refractivity contribution in [2.75, 3.05) is 13.7 Å². The molecule has 0 aromatic carbocycles. The van der Waals surface area contributed by atoms with E-state index in [0.29, 0.717) is 12.1 Å². The number of methoxy groups -OCH3 is 1. The number of hydrogen-bond donors (Lipinski definition) is 1. The van der Waals surface area contributed by atoms with Crippen molar-refractivity contribution in [3.63, 3.8) is 0 Å². The number of allylic oxidation sites excluding steroid dienone is 1. The SMILES string of the molecule is COC1CCC=CC1N1CCC2NC(C3CCCCC3)CC21. The van der Waals surface area contributed by atoms with Gasteiger partial charge in [0, 0.05) is 31.8 Å². The first kappa shape index (κ1) is 15.2. The van der Waals surface area contributed by atoms with Crippen molar-refractivity contribution in [1.29, 1.82) is 0 Å². The lowest BCUT2D eigenvalue weighted by Gasteiger charge is -2.37. The summed E-state index contributed by atoms with van der Waals surface area (Å²) in [6.45, 7) is 1.24. The highest BCUT2D eigenvalue weighted by atomic mass is 16.5. The van der Waals surface area contributed by atoms with Gasteiger partial charge in [0.1, 0.15) is 0 Å². The Kier molecular flexibility index (Phi) is 4.57. The molecule has 0 bridgehead atoms. The molecule has 3 fully saturated rings. The summed E-state index contributed by atoms with van der Waals surface area (Å²) in [5, 5.41) is 4.02. The molecule has 2 aliphatic carbocycles. The van der Waals surface area contributed by atoms with E-state index < -0.39 is 0 Å². The number of fused-ring (bicyclic) bond motifs is 1. The van der Waals surface area contributed by atoms with E-state index in [0.717, 1.165) is 24.0 Å². The lowest BCUT2D eigenvalue weighted by Crippen LogP contribution is -2.48. The van der Waals surface area contributed by atoms with Gasteiger partial charge in [0.2, 0.25) is 0 Å². The van der Waals surface area contributed by atoms with E-state index in [2.05, 4.69) is 22.4 Å². The highest BCUT2D eigenvalue weighted by Crippen LogP contribution is 2.38. The normalized spacial score (nSPS) is 43.6. The average molecular weight is 304 g/mol. The third-order valence-corrected chi connectivity index (χ3v) is 6.75. The summed E-state index contributed by atoms with van der Waals surface area (Å²) in [7, 11) is 1.89. The maximum Gasteiger partial charge on any atom is 0.0765 e. The highest BCUT2D eigenvalue weighted by molar-refractivity contribution is 5.11. The van der Waals surface area contributed by atoms with Crippen LogP contribution in [-0.2, 0) is 4.74 Å².